The predicted molar refractivity (Wildman–Crippen MR) is 170 cm³/mol. The molecule has 1 saturated carbocycles. The lowest BCUT2D eigenvalue weighted by molar-refractivity contribution is -0.145. The van der Waals surface area contributed by atoms with E-state index in [1.807, 2.05) is 12.2 Å². The fourth-order valence-corrected chi connectivity index (χ4v) is 7.40. The summed E-state index contributed by atoms with van der Waals surface area (Å²) < 4.78 is 20.1. The second-order valence-electron chi connectivity index (χ2n) is 13.5. The van der Waals surface area contributed by atoms with Crippen molar-refractivity contribution in [2.24, 2.45) is 5.92 Å². The summed E-state index contributed by atoms with van der Waals surface area (Å²) in [6, 6.07) is 2.50. The smallest absolute Gasteiger partial charge is 0.410 e. The number of allylic oxidation sites excluding steroid dienone is 1. The standard InChI is InChI=1S/C34H38FN5O8/c35-23-10-6-8-19-16-39(18-22(19)23)33(47)48-21-14-25-30(43)37-34(32(45)46)15-20(34)9-4-2-1-3-5-11-24(31(44)40(25)17-21)36-26-27(29(42)28(26)41)38-12-7-13-38/h4,6,8-10,20-21,24-25,36H,1-3,5,7,11-18H2,(H,37,43)(H,45,46)/b9-4-/t20-,21+,24-,25-,34+/m0/s1. The number of hydrogen-bond acceptors (Lipinski definition) is 9. The van der Waals surface area contributed by atoms with E-state index in [0.717, 1.165) is 19.3 Å². The van der Waals surface area contributed by atoms with E-state index in [4.69, 9.17) is 4.74 Å². The number of hydrogen-bond donors (Lipinski definition) is 3. The summed E-state index contributed by atoms with van der Waals surface area (Å²) in [5.41, 5.74) is -1.37. The lowest BCUT2D eigenvalue weighted by Gasteiger charge is -2.36. The Morgan fingerprint density at radius 1 is 1.04 bits per heavy atom. The Morgan fingerprint density at radius 2 is 1.85 bits per heavy atom. The molecule has 3 amide bonds. The third-order valence-electron chi connectivity index (χ3n) is 10.4. The lowest BCUT2D eigenvalue weighted by atomic mass is 10.0. The monoisotopic (exact) mass is 663 g/mol. The van der Waals surface area contributed by atoms with Gasteiger partial charge in [0, 0.05) is 37.5 Å². The number of halogens is 1. The van der Waals surface area contributed by atoms with Crippen LogP contribution in [0.3, 0.4) is 0 Å². The van der Waals surface area contributed by atoms with E-state index >= 15 is 0 Å². The first-order valence-corrected chi connectivity index (χ1v) is 16.7. The number of carbonyl (C=O) groups is 4. The summed E-state index contributed by atoms with van der Waals surface area (Å²) in [5, 5.41) is 15.8. The highest BCUT2D eigenvalue weighted by atomic mass is 19.1. The Balaban J connectivity index is 1.15. The predicted octanol–water partition coefficient (Wildman–Crippen LogP) is 2.01. The maximum absolute atomic E-state index is 14.3. The van der Waals surface area contributed by atoms with Gasteiger partial charge in [0.15, 0.2) is 0 Å². The first-order chi connectivity index (χ1) is 23.1. The molecule has 0 radical (unpaired) electrons. The summed E-state index contributed by atoms with van der Waals surface area (Å²) in [4.78, 5) is 83.4. The largest absolute Gasteiger partial charge is 0.479 e. The van der Waals surface area contributed by atoms with Crippen molar-refractivity contribution in [3.8, 4) is 0 Å². The zero-order chi connectivity index (χ0) is 33.7. The van der Waals surface area contributed by atoms with E-state index in [9.17, 15) is 38.3 Å². The summed E-state index contributed by atoms with van der Waals surface area (Å²) in [5.74, 6) is -3.19. The Hall–Kier alpha value is -4.75. The first kappa shape index (κ1) is 31.8. The number of nitrogens with zero attached hydrogens (tertiary/aromatic N) is 3. The fourth-order valence-electron chi connectivity index (χ4n) is 7.40. The van der Waals surface area contributed by atoms with E-state index in [-0.39, 0.29) is 43.9 Å². The number of anilines is 2. The molecule has 2 aromatic rings. The second-order valence-corrected chi connectivity index (χ2v) is 13.5. The number of carboxylic acid groups (broad SMARTS) is 1. The molecule has 2 aromatic carbocycles. The van der Waals surface area contributed by atoms with Crippen molar-refractivity contribution in [1.82, 2.24) is 15.1 Å². The van der Waals surface area contributed by atoms with E-state index in [2.05, 4.69) is 10.6 Å². The van der Waals surface area contributed by atoms with Gasteiger partial charge in [0.25, 0.3) is 10.9 Å². The van der Waals surface area contributed by atoms with Gasteiger partial charge in [-0.05, 0) is 43.7 Å². The zero-order valence-corrected chi connectivity index (χ0v) is 26.4. The third-order valence-corrected chi connectivity index (χ3v) is 10.4. The van der Waals surface area contributed by atoms with Crippen molar-refractivity contribution in [2.75, 3.05) is 29.9 Å². The van der Waals surface area contributed by atoms with Crippen LogP contribution in [0.2, 0.25) is 0 Å². The average molecular weight is 664 g/mol. The van der Waals surface area contributed by atoms with Gasteiger partial charge in [-0.1, -0.05) is 37.1 Å². The topological polar surface area (TPSA) is 166 Å². The van der Waals surface area contributed by atoms with Crippen molar-refractivity contribution < 1.29 is 33.4 Å². The van der Waals surface area contributed by atoms with Gasteiger partial charge in [-0.25, -0.2) is 14.0 Å². The number of benzene rings is 1. The molecular formula is C34H38FN5O8. The minimum atomic E-state index is -1.50. The highest BCUT2D eigenvalue weighted by Crippen LogP contribution is 2.45. The Bertz CT molecular complexity index is 1770. The molecule has 254 valence electrons. The molecular weight excluding hydrogens is 625 g/mol. The van der Waals surface area contributed by atoms with Crippen LogP contribution in [-0.4, -0.2) is 82.1 Å². The number of fused-ring (bicyclic) bond motifs is 3. The Labute approximate surface area is 275 Å². The van der Waals surface area contributed by atoms with E-state index in [0.29, 0.717) is 43.5 Å². The van der Waals surface area contributed by atoms with Crippen molar-refractivity contribution >= 4 is 35.3 Å². The molecule has 7 rings (SSSR count). The van der Waals surface area contributed by atoms with E-state index in [1.165, 1.54) is 15.9 Å². The molecule has 0 aromatic heterocycles. The van der Waals surface area contributed by atoms with Crippen LogP contribution >= 0.6 is 0 Å². The highest BCUT2D eigenvalue weighted by Gasteiger charge is 2.61. The molecule has 2 saturated heterocycles. The summed E-state index contributed by atoms with van der Waals surface area (Å²) in [6.45, 7) is 1.28. The van der Waals surface area contributed by atoms with Crippen LogP contribution in [0.1, 0.15) is 62.5 Å². The number of amides is 3. The molecule has 13 nitrogen and oxygen atoms in total. The number of carbonyl (C=O) groups excluding carboxylic acids is 3. The molecule has 4 heterocycles. The average Bonchev–Trinajstić information content (AvgIpc) is 3.34. The van der Waals surface area contributed by atoms with Gasteiger partial charge in [-0.3, -0.25) is 24.1 Å². The normalized spacial score (nSPS) is 29.5. The van der Waals surface area contributed by atoms with E-state index in [1.54, 1.807) is 17.0 Å². The summed E-state index contributed by atoms with van der Waals surface area (Å²) in [7, 11) is 0. The van der Waals surface area contributed by atoms with Gasteiger partial charge in [-0.15, -0.1) is 0 Å². The van der Waals surface area contributed by atoms with Gasteiger partial charge < -0.3 is 30.3 Å². The molecule has 0 bridgehead atoms. The van der Waals surface area contributed by atoms with Crippen LogP contribution in [0.4, 0.5) is 20.6 Å². The molecule has 3 fully saturated rings. The molecule has 0 spiro atoms. The number of nitrogens with one attached hydrogen (secondary N) is 2. The van der Waals surface area contributed by atoms with Crippen molar-refractivity contribution in [3.05, 3.63) is 67.7 Å². The number of carboxylic acids is 1. The van der Waals surface area contributed by atoms with Crippen LogP contribution in [0.25, 0.3) is 0 Å². The maximum Gasteiger partial charge on any atom is 0.410 e. The van der Waals surface area contributed by atoms with Crippen molar-refractivity contribution in [3.63, 3.8) is 0 Å². The summed E-state index contributed by atoms with van der Waals surface area (Å²) in [6.07, 6.45) is 6.31. The Kier molecular flexibility index (Phi) is 8.20. The molecule has 14 heteroatoms. The van der Waals surface area contributed by atoms with Crippen LogP contribution < -0.4 is 26.4 Å². The third kappa shape index (κ3) is 5.60. The van der Waals surface area contributed by atoms with Crippen LogP contribution in [0.5, 0.6) is 0 Å². The number of aliphatic carboxylic acids is 1. The van der Waals surface area contributed by atoms with Gasteiger partial charge >= 0.3 is 12.1 Å². The van der Waals surface area contributed by atoms with Crippen LogP contribution in [0, 0.1) is 11.7 Å². The van der Waals surface area contributed by atoms with E-state index < -0.39 is 70.2 Å². The molecule has 0 unspecified atom stereocenters. The maximum atomic E-state index is 14.3. The molecule has 5 atom stereocenters. The van der Waals surface area contributed by atoms with Crippen LogP contribution in [-0.2, 0) is 32.2 Å². The number of rotatable bonds is 5. The quantitative estimate of drug-likeness (QED) is 0.318. The Morgan fingerprint density at radius 3 is 2.58 bits per heavy atom. The number of ether oxygens (including phenoxy) is 1. The zero-order valence-electron chi connectivity index (χ0n) is 26.4. The molecule has 1 aliphatic carbocycles. The van der Waals surface area contributed by atoms with Crippen molar-refractivity contribution in [1.29, 1.82) is 0 Å². The molecule has 5 aliphatic rings. The minimum Gasteiger partial charge on any atom is -0.479 e. The molecule has 3 N–H and O–H groups in total. The second kappa shape index (κ2) is 12.4. The minimum absolute atomic E-state index is 0.0172. The van der Waals surface area contributed by atoms with Gasteiger partial charge in [-0.2, -0.15) is 0 Å². The highest BCUT2D eigenvalue weighted by molar-refractivity contribution is 5.96. The lowest BCUT2D eigenvalue weighted by Crippen LogP contribution is -2.55. The summed E-state index contributed by atoms with van der Waals surface area (Å²) >= 11 is 0. The molecule has 48 heavy (non-hydrogen) atoms. The van der Waals surface area contributed by atoms with Gasteiger partial charge in [0.05, 0.1) is 13.1 Å². The van der Waals surface area contributed by atoms with Gasteiger partial charge in [0.1, 0.15) is 40.9 Å². The van der Waals surface area contributed by atoms with Crippen LogP contribution in [0.15, 0.2) is 39.9 Å². The SMILES string of the molecule is O=C1N[C@]2(C(=O)O)C[C@@H]2/C=C\CCCCC[C@H](Nc2c(N3CCC3)c(=O)c2=O)C(=O)N2C[C@H](OC(=O)N3Cc4cccc(F)c4C3)C[C@@H]12. The fraction of sp³-hybridized carbons (Fsp3) is 0.529. The van der Waals surface area contributed by atoms with Crippen molar-refractivity contribution in [2.45, 2.75) is 88.2 Å². The first-order valence-electron chi connectivity index (χ1n) is 16.7. The molecule has 4 aliphatic heterocycles. The van der Waals surface area contributed by atoms with Gasteiger partial charge in [0.2, 0.25) is 11.8 Å².